The predicted molar refractivity (Wildman–Crippen MR) is 73.4 cm³/mol. The lowest BCUT2D eigenvalue weighted by atomic mass is 10.1. The van der Waals surface area contributed by atoms with Crippen molar-refractivity contribution in [1.82, 2.24) is 5.32 Å². The van der Waals surface area contributed by atoms with E-state index < -0.39 is 0 Å². The number of fused-ring (bicyclic) bond motifs is 1. The minimum absolute atomic E-state index is 0.0227. The van der Waals surface area contributed by atoms with Crippen LogP contribution < -0.4 is 26.3 Å². The number of para-hydroxylation sites is 1. The molecule has 0 bridgehead atoms. The van der Waals surface area contributed by atoms with Gasteiger partial charge in [0, 0.05) is 13.6 Å². The average Bonchev–Trinajstić information content (AvgIpc) is 2.86. The standard InChI is InChI=1S/C12H17N5O2/c1-15-12(17-11(13)14)16-6-5-8-3-2-4-9-10(8)19-7-18-9/h2-4H,5-7H2,1H3,(H5,13,14,15,16,17). The van der Waals surface area contributed by atoms with Crippen molar-refractivity contribution in [3.8, 4) is 11.5 Å². The maximum atomic E-state index is 5.43. The minimum atomic E-state index is -0.0227. The Morgan fingerprint density at radius 2 is 2.21 bits per heavy atom. The number of guanidine groups is 2. The zero-order valence-corrected chi connectivity index (χ0v) is 10.7. The molecule has 1 heterocycles. The molecule has 0 saturated heterocycles. The third kappa shape index (κ3) is 3.27. The van der Waals surface area contributed by atoms with Gasteiger partial charge >= 0.3 is 0 Å². The molecule has 0 radical (unpaired) electrons. The van der Waals surface area contributed by atoms with Crippen LogP contribution in [0.5, 0.6) is 11.5 Å². The summed E-state index contributed by atoms with van der Waals surface area (Å²) in [6.45, 7) is 0.915. The Hall–Kier alpha value is -2.44. The monoisotopic (exact) mass is 263 g/mol. The number of ether oxygens (including phenoxy) is 2. The van der Waals surface area contributed by atoms with Gasteiger partial charge in [-0.05, 0) is 18.1 Å². The summed E-state index contributed by atoms with van der Waals surface area (Å²) in [6, 6.07) is 5.82. The van der Waals surface area contributed by atoms with Crippen LogP contribution in [0.15, 0.2) is 28.2 Å². The van der Waals surface area contributed by atoms with Gasteiger partial charge in [0.1, 0.15) is 0 Å². The SMILES string of the molecule is CN=C(N=C(N)N)NCCc1cccc2c1OCO2. The highest BCUT2D eigenvalue weighted by atomic mass is 16.7. The fraction of sp³-hybridized carbons (Fsp3) is 0.333. The van der Waals surface area contributed by atoms with E-state index in [1.165, 1.54) is 0 Å². The molecule has 1 aliphatic rings. The molecule has 1 aromatic rings. The summed E-state index contributed by atoms with van der Waals surface area (Å²) >= 11 is 0. The van der Waals surface area contributed by atoms with Crippen LogP contribution in [-0.4, -0.2) is 32.3 Å². The smallest absolute Gasteiger partial charge is 0.231 e. The van der Waals surface area contributed by atoms with Gasteiger partial charge in [-0.2, -0.15) is 4.99 Å². The molecule has 2 rings (SSSR count). The number of nitrogens with zero attached hydrogens (tertiary/aromatic N) is 2. The molecule has 19 heavy (non-hydrogen) atoms. The Labute approximate surface area is 111 Å². The summed E-state index contributed by atoms with van der Waals surface area (Å²) in [6.07, 6.45) is 0.756. The summed E-state index contributed by atoms with van der Waals surface area (Å²) in [7, 11) is 1.62. The number of hydrogen-bond donors (Lipinski definition) is 3. The Morgan fingerprint density at radius 1 is 1.37 bits per heavy atom. The predicted octanol–water partition coefficient (Wildman–Crippen LogP) is -0.193. The molecule has 0 aliphatic carbocycles. The first-order valence-electron chi connectivity index (χ1n) is 5.88. The first-order chi connectivity index (χ1) is 9.20. The van der Waals surface area contributed by atoms with Gasteiger partial charge < -0.3 is 26.3 Å². The number of aliphatic imine (C=N–C) groups is 2. The average molecular weight is 263 g/mol. The second-order valence-electron chi connectivity index (χ2n) is 3.91. The van der Waals surface area contributed by atoms with Crippen molar-refractivity contribution < 1.29 is 9.47 Å². The van der Waals surface area contributed by atoms with Crippen LogP contribution in [0.25, 0.3) is 0 Å². The molecule has 5 N–H and O–H groups in total. The number of rotatable bonds is 3. The van der Waals surface area contributed by atoms with Crippen molar-refractivity contribution in [2.75, 3.05) is 20.4 Å². The lowest BCUT2D eigenvalue weighted by Gasteiger charge is -2.07. The second kappa shape index (κ2) is 5.94. The fourth-order valence-electron chi connectivity index (χ4n) is 1.79. The second-order valence-corrected chi connectivity index (χ2v) is 3.91. The van der Waals surface area contributed by atoms with Crippen LogP contribution in [0.3, 0.4) is 0 Å². The van der Waals surface area contributed by atoms with E-state index in [-0.39, 0.29) is 12.8 Å². The summed E-state index contributed by atoms with van der Waals surface area (Å²) in [5, 5.41) is 3.05. The molecule has 0 aromatic heterocycles. The molecule has 7 heteroatoms. The van der Waals surface area contributed by atoms with E-state index in [1.807, 2.05) is 18.2 Å². The number of hydrogen-bond acceptors (Lipinski definition) is 3. The maximum absolute atomic E-state index is 5.43. The molecular formula is C12H17N5O2. The molecule has 0 atom stereocenters. The van der Waals surface area contributed by atoms with Crippen molar-refractivity contribution in [2.45, 2.75) is 6.42 Å². The third-order valence-corrected chi connectivity index (χ3v) is 2.60. The first-order valence-corrected chi connectivity index (χ1v) is 5.88. The van der Waals surface area contributed by atoms with E-state index >= 15 is 0 Å². The van der Waals surface area contributed by atoms with Crippen molar-refractivity contribution in [3.63, 3.8) is 0 Å². The fourth-order valence-corrected chi connectivity index (χ4v) is 1.79. The third-order valence-electron chi connectivity index (χ3n) is 2.60. The van der Waals surface area contributed by atoms with Crippen LogP contribution in [0, 0.1) is 0 Å². The van der Waals surface area contributed by atoms with Crippen molar-refractivity contribution >= 4 is 11.9 Å². The summed E-state index contributed by atoms with van der Waals surface area (Å²) in [4.78, 5) is 7.79. The van der Waals surface area contributed by atoms with Crippen molar-refractivity contribution in [3.05, 3.63) is 23.8 Å². The van der Waals surface area contributed by atoms with Crippen molar-refractivity contribution in [1.29, 1.82) is 0 Å². The zero-order chi connectivity index (χ0) is 13.7. The van der Waals surface area contributed by atoms with Gasteiger partial charge in [0.2, 0.25) is 12.8 Å². The summed E-state index contributed by atoms with van der Waals surface area (Å²) in [5.41, 5.74) is 11.7. The van der Waals surface area contributed by atoms with Crippen LogP contribution in [0.1, 0.15) is 5.56 Å². The quantitative estimate of drug-likeness (QED) is 0.517. The highest BCUT2D eigenvalue weighted by Crippen LogP contribution is 2.35. The molecule has 0 spiro atoms. The maximum Gasteiger partial charge on any atom is 0.231 e. The molecule has 1 aliphatic heterocycles. The van der Waals surface area contributed by atoms with Gasteiger partial charge in [-0.3, -0.25) is 4.99 Å². The molecule has 0 amide bonds. The zero-order valence-electron chi connectivity index (χ0n) is 10.7. The van der Waals surface area contributed by atoms with Gasteiger partial charge in [0.15, 0.2) is 17.5 Å². The van der Waals surface area contributed by atoms with Crippen LogP contribution in [0.4, 0.5) is 0 Å². The van der Waals surface area contributed by atoms with Crippen LogP contribution >= 0.6 is 0 Å². The van der Waals surface area contributed by atoms with E-state index in [2.05, 4.69) is 15.3 Å². The van der Waals surface area contributed by atoms with E-state index in [0.717, 1.165) is 23.5 Å². The number of benzene rings is 1. The molecule has 0 fully saturated rings. The normalized spacial score (nSPS) is 13.2. The van der Waals surface area contributed by atoms with Crippen LogP contribution in [0.2, 0.25) is 0 Å². The van der Waals surface area contributed by atoms with Gasteiger partial charge in [-0.25, -0.2) is 0 Å². The number of nitrogens with one attached hydrogen (secondary N) is 1. The van der Waals surface area contributed by atoms with Gasteiger partial charge in [-0.1, -0.05) is 12.1 Å². The molecule has 102 valence electrons. The first kappa shape index (κ1) is 13.0. The lowest BCUT2D eigenvalue weighted by molar-refractivity contribution is 0.173. The molecule has 7 nitrogen and oxygen atoms in total. The van der Waals surface area contributed by atoms with Gasteiger partial charge in [0.25, 0.3) is 0 Å². The highest BCUT2D eigenvalue weighted by Gasteiger charge is 2.16. The van der Waals surface area contributed by atoms with Crippen LogP contribution in [-0.2, 0) is 6.42 Å². The van der Waals surface area contributed by atoms with E-state index in [4.69, 9.17) is 20.9 Å². The summed E-state index contributed by atoms with van der Waals surface area (Å²) in [5.74, 6) is 1.97. The summed E-state index contributed by atoms with van der Waals surface area (Å²) < 4.78 is 10.7. The van der Waals surface area contributed by atoms with E-state index in [0.29, 0.717) is 12.5 Å². The van der Waals surface area contributed by atoms with Gasteiger partial charge in [-0.15, -0.1) is 0 Å². The Bertz CT molecular complexity index is 509. The van der Waals surface area contributed by atoms with Crippen molar-refractivity contribution in [2.24, 2.45) is 21.5 Å². The highest BCUT2D eigenvalue weighted by molar-refractivity contribution is 5.93. The largest absolute Gasteiger partial charge is 0.454 e. The Morgan fingerprint density at radius 3 is 2.95 bits per heavy atom. The van der Waals surface area contributed by atoms with E-state index in [9.17, 15) is 0 Å². The molecule has 1 aromatic carbocycles. The topological polar surface area (TPSA) is 107 Å². The van der Waals surface area contributed by atoms with Gasteiger partial charge in [0.05, 0.1) is 0 Å². The van der Waals surface area contributed by atoms with E-state index in [1.54, 1.807) is 7.05 Å². The Kier molecular flexibility index (Phi) is 4.07. The minimum Gasteiger partial charge on any atom is -0.454 e. The molecular weight excluding hydrogens is 246 g/mol. The Balaban J connectivity index is 1.93. The lowest BCUT2D eigenvalue weighted by Crippen LogP contribution is -2.30. The molecule has 0 saturated carbocycles. The number of nitrogens with two attached hydrogens (primary N) is 2. The molecule has 0 unspecified atom stereocenters.